The molecule has 7 nitrogen and oxygen atoms in total. The van der Waals surface area contributed by atoms with Crippen molar-refractivity contribution in [2.45, 2.75) is 13.1 Å². The molecule has 0 fully saturated rings. The highest BCUT2D eigenvalue weighted by Crippen LogP contribution is 2.29. The van der Waals surface area contributed by atoms with Crippen molar-refractivity contribution < 1.29 is 18.0 Å². The summed E-state index contributed by atoms with van der Waals surface area (Å²) in [5, 5.41) is 5.78. The number of halogens is 3. The van der Waals surface area contributed by atoms with Crippen LogP contribution >= 0.6 is 0 Å². The largest absolute Gasteiger partial charge is 0.433 e. The Labute approximate surface area is 177 Å². The molecule has 31 heavy (non-hydrogen) atoms. The van der Waals surface area contributed by atoms with Gasteiger partial charge in [-0.2, -0.15) is 13.2 Å². The predicted octanol–water partition coefficient (Wildman–Crippen LogP) is 4.11. The van der Waals surface area contributed by atoms with E-state index >= 15 is 0 Å². The number of alkyl halides is 3. The van der Waals surface area contributed by atoms with Crippen LogP contribution in [0.1, 0.15) is 11.3 Å². The smallest absolute Gasteiger partial charge is 0.361 e. The Morgan fingerprint density at radius 2 is 1.84 bits per heavy atom. The van der Waals surface area contributed by atoms with Crippen molar-refractivity contribution in [1.82, 2.24) is 19.9 Å². The van der Waals surface area contributed by atoms with E-state index in [9.17, 15) is 18.0 Å². The first-order chi connectivity index (χ1) is 14.6. The Morgan fingerprint density at radius 1 is 1.06 bits per heavy atom. The summed E-state index contributed by atoms with van der Waals surface area (Å²) in [6, 6.07) is 9.90. The summed E-state index contributed by atoms with van der Waals surface area (Å²) in [6.07, 6.45) is -1.83. The topological polar surface area (TPSA) is 83.0 Å². The molecule has 0 aliphatic heterocycles. The van der Waals surface area contributed by atoms with Crippen LogP contribution in [0.2, 0.25) is 0 Å². The van der Waals surface area contributed by atoms with Gasteiger partial charge in [-0.25, -0.2) is 15.0 Å². The van der Waals surface area contributed by atoms with E-state index in [0.717, 1.165) is 29.0 Å². The van der Waals surface area contributed by atoms with Crippen molar-refractivity contribution in [3.8, 4) is 11.1 Å². The van der Waals surface area contributed by atoms with Gasteiger partial charge in [0.2, 0.25) is 11.9 Å². The minimum Gasteiger partial charge on any atom is -0.361 e. The van der Waals surface area contributed by atoms with Crippen molar-refractivity contribution in [2.24, 2.45) is 0 Å². The van der Waals surface area contributed by atoms with Crippen LogP contribution in [-0.4, -0.2) is 46.4 Å². The van der Waals surface area contributed by atoms with E-state index in [2.05, 4.69) is 25.6 Å². The highest BCUT2D eigenvalue weighted by molar-refractivity contribution is 5.80. The van der Waals surface area contributed by atoms with Crippen molar-refractivity contribution in [3.05, 3.63) is 60.0 Å². The fraction of sp³-hybridized carbons (Fsp3) is 0.238. The highest BCUT2D eigenvalue weighted by Gasteiger charge is 2.32. The van der Waals surface area contributed by atoms with Gasteiger partial charge in [0, 0.05) is 37.7 Å². The number of nitrogens with one attached hydrogen (secondary N) is 2. The van der Waals surface area contributed by atoms with Crippen molar-refractivity contribution >= 4 is 23.4 Å². The maximum absolute atomic E-state index is 12.9. The molecule has 0 radical (unpaired) electrons. The molecule has 0 saturated carbocycles. The number of aromatic nitrogens is 3. The molecule has 0 aliphatic rings. The quantitative estimate of drug-likeness (QED) is 0.613. The third-order valence-electron chi connectivity index (χ3n) is 4.30. The average molecular weight is 430 g/mol. The zero-order valence-corrected chi connectivity index (χ0v) is 17.2. The first-order valence-electron chi connectivity index (χ1n) is 9.31. The average Bonchev–Trinajstić information content (AvgIpc) is 2.71. The number of likely N-dealkylation sites (N-methyl/N-ethyl adjacent to an activating group) is 1. The molecule has 0 saturated heterocycles. The Hall–Kier alpha value is -3.69. The van der Waals surface area contributed by atoms with Crippen LogP contribution < -0.4 is 10.6 Å². The first kappa shape index (κ1) is 22.0. The molecule has 3 rings (SSSR count). The number of nitrogens with zero attached hydrogens (tertiary/aromatic N) is 4. The molecule has 162 valence electrons. The maximum Gasteiger partial charge on any atom is 0.433 e. The fourth-order valence-electron chi connectivity index (χ4n) is 2.72. The van der Waals surface area contributed by atoms with E-state index in [1.54, 1.807) is 38.5 Å². The van der Waals surface area contributed by atoms with E-state index in [1.807, 2.05) is 19.1 Å². The first-order valence-corrected chi connectivity index (χ1v) is 9.31. The van der Waals surface area contributed by atoms with Gasteiger partial charge in [-0.15, -0.1) is 0 Å². The predicted molar refractivity (Wildman–Crippen MR) is 112 cm³/mol. The van der Waals surface area contributed by atoms with Gasteiger partial charge < -0.3 is 15.5 Å². The Morgan fingerprint density at radius 3 is 2.48 bits per heavy atom. The van der Waals surface area contributed by atoms with Crippen molar-refractivity contribution in [1.29, 1.82) is 0 Å². The minimum atomic E-state index is -4.55. The van der Waals surface area contributed by atoms with Gasteiger partial charge >= 0.3 is 6.18 Å². The molecule has 10 heteroatoms. The zero-order valence-electron chi connectivity index (χ0n) is 17.2. The summed E-state index contributed by atoms with van der Waals surface area (Å²) < 4.78 is 38.6. The number of benzene rings is 1. The Kier molecular flexibility index (Phi) is 6.38. The molecule has 1 amide bonds. The third kappa shape index (κ3) is 5.91. The minimum absolute atomic E-state index is 0.0721. The number of hydrogen-bond acceptors (Lipinski definition) is 6. The highest BCUT2D eigenvalue weighted by atomic mass is 19.4. The summed E-state index contributed by atoms with van der Waals surface area (Å²) in [7, 11) is 3.35. The number of anilines is 3. The van der Waals surface area contributed by atoms with Gasteiger partial charge in [-0.05, 0) is 48.4 Å². The normalized spacial score (nSPS) is 11.2. The number of carbonyl (C=O) groups is 1. The molecule has 2 heterocycles. The number of aryl methyl sites for hydroxylation is 1. The van der Waals surface area contributed by atoms with Gasteiger partial charge in [-0.3, -0.25) is 4.79 Å². The molecule has 0 bridgehead atoms. The number of amides is 1. The molecule has 0 spiro atoms. The van der Waals surface area contributed by atoms with Crippen LogP contribution in [0, 0.1) is 6.92 Å². The van der Waals surface area contributed by atoms with E-state index in [-0.39, 0.29) is 18.4 Å². The molecule has 0 unspecified atom stereocenters. The molecular formula is C21H21F3N6O. The number of hydrogen-bond donors (Lipinski definition) is 2. The van der Waals surface area contributed by atoms with Crippen molar-refractivity contribution in [3.63, 3.8) is 0 Å². The summed E-state index contributed by atoms with van der Waals surface area (Å²) >= 11 is 0. The van der Waals surface area contributed by atoms with Crippen LogP contribution in [0.15, 0.2) is 48.8 Å². The lowest BCUT2D eigenvalue weighted by molar-refractivity contribution is -0.141. The molecule has 0 atom stereocenters. The van der Waals surface area contributed by atoms with E-state index in [0.29, 0.717) is 11.5 Å². The monoisotopic (exact) mass is 430 g/mol. The fourth-order valence-corrected chi connectivity index (χ4v) is 2.72. The van der Waals surface area contributed by atoms with Crippen LogP contribution in [0.3, 0.4) is 0 Å². The Balaban J connectivity index is 1.78. The standard InChI is InChI=1S/C21H21F3N6O/c1-13-8-15(14-4-5-18(26-11-14)27-12-19(31)30(2)3)10-16(9-13)28-20-25-7-6-17(29-20)21(22,23)24/h4-11H,12H2,1-3H3,(H,26,27)(H,25,28,29). The van der Waals surface area contributed by atoms with Gasteiger partial charge in [0.05, 0.1) is 6.54 Å². The van der Waals surface area contributed by atoms with Gasteiger partial charge in [0.1, 0.15) is 11.5 Å². The molecule has 2 aromatic heterocycles. The molecule has 1 aromatic carbocycles. The van der Waals surface area contributed by atoms with E-state index in [1.165, 1.54) is 4.90 Å². The van der Waals surface area contributed by atoms with Crippen LogP contribution in [0.25, 0.3) is 11.1 Å². The zero-order chi connectivity index (χ0) is 22.6. The van der Waals surface area contributed by atoms with Gasteiger partial charge in [0.15, 0.2) is 0 Å². The summed E-state index contributed by atoms with van der Waals surface area (Å²) in [6.45, 7) is 2.01. The maximum atomic E-state index is 12.9. The third-order valence-corrected chi connectivity index (χ3v) is 4.30. The number of rotatable bonds is 6. The van der Waals surface area contributed by atoms with Crippen molar-refractivity contribution in [2.75, 3.05) is 31.3 Å². The number of carbonyl (C=O) groups excluding carboxylic acids is 1. The molecule has 3 aromatic rings. The van der Waals surface area contributed by atoms with Crippen LogP contribution in [-0.2, 0) is 11.0 Å². The Bertz CT molecular complexity index is 1070. The second-order valence-corrected chi connectivity index (χ2v) is 7.05. The number of pyridine rings is 1. The van der Waals surface area contributed by atoms with Crippen LogP contribution in [0.4, 0.5) is 30.6 Å². The summed E-state index contributed by atoms with van der Waals surface area (Å²) in [5.41, 5.74) is 2.05. The molecule has 0 aliphatic carbocycles. The van der Waals surface area contributed by atoms with E-state index in [4.69, 9.17) is 0 Å². The second kappa shape index (κ2) is 8.99. The lowest BCUT2D eigenvalue weighted by atomic mass is 10.0. The lowest BCUT2D eigenvalue weighted by Gasteiger charge is -2.12. The van der Waals surface area contributed by atoms with Gasteiger partial charge in [-0.1, -0.05) is 6.07 Å². The molecule has 2 N–H and O–H groups in total. The SMILES string of the molecule is Cc1cc(Nc2nccc(C(F)(F)F)n2)cc(-c2ccc(NCC(=O)N(C)C)nc2)c1. The van der Waals surface area contributed by atoms with E-state index < -0.39 is 11.9 Å². The lowest BCUT2D eigenvalue weighted by Crippen LogP contribution is -2.28. The van der Waals surface area contributed by atoms with Crippen LogP contribution in [0.5, 0.6) is 0 Å². The van der Waals surface area contributed by atoms with Gasteiger partial charge in [0.25, 0.3) is 0 Å². The summed E-state index contributed by atoms with van der Waals surface area (Å²) in [5.74, 6) is 0.342. The summed E-state index contributed by atoms with van der Waals surface area (Å²) in [4.78, 5) is 24.9. The molecular weight excluding hydrogens is 409 g/mol. The second-order valence-electron chi connectivity index (χ2n) is 7.05.